The molecule has 0 unspecified atom stereocenters. The number of hydrogen-bond acceptors (Lipinski definition) is 6. The zero-order valence-corrected chi connectivity index (χ0v) is 10.5. The lowest BCUT2D eigenvalue weighted by Gasteiger charge is -2.19. The number of fused-ring (bicyclic) bond motifs is 2. The first-order valence-corrected chi connectivity index (χ1v) is 5.92. The van der Waals surface area contributed by atoms with E-state index in [4.69, 9.17) is 0 Å². The highest BCUT2D eigenvalue weighted by Crippen LogP contribution is 2.39. The van der Waals surface area contributed by atoms with Crippen LogP contribution in [0.2, 0.25) is 0 Å². The SMILES string of the molecule is O=Cc1c(O)cc2c(c1O)C(=O)c1ccc(O)cc1C2=O. The third-order valence-corrected chi connectivity index (χ3v) is 3.40. The summed E-state index contributed by atoms with van der Waals surface area (Å²) in [5.41, 5.74) is -0.984. The van der Waals surface area contributed by atoms with Crippen molar-refractivity contribution in [2.45, 2.75) is 0 Å². The number of ketones is 2. The number of aromatic hydroxyl groups is 3. The van der Waals surface area contributed by atoms with Gasteiger partial charge >= 0.3 is 0 Å². The van der Waals surface area contributed by atoms with Crippen LogP contribution < -0.4 is 0 Å². The van der Waals surface area contributed by atoms with Crippen LogP contribution in [-0.2, 0) is 0 Å². The maximum atomic E-state index is 12.4. The van der Waals surface area contributed by atoms with E-state index < -0.39 is 28.6 Å². The molecule has 0 fully saturated rings. The van der Waals surface area contributed by atoms with Gasteiger partial charge in [0.2, 0.25) is 0 Å². The van der Waals surface area contributed by atoms with Gasteiger partial charge in [0, 0.05) is 16.7 Å². The molecule has 6 nitrogen and oxygen atoms in total. The Hall–Kier alpha value is -3.15. The van der Waals surface area contributed by atoms with Gasteiger partial charge in [-0.2, -0.15) is 0 Å². The molecule has 0 bridgehead atoms. The minimum absolute atomic E-state index is 0.0168. The molecule has 2 aromatic rings. The first-order chi connectivity index (χ1) is 9.95. The average molecular weight is 284 g/mol. The second-order valence-electron chi connectivity index (χ2n) is 4.59. The molecule has 1 aliphatic rings. The van der Waals surface area contributed by atoms with Gasteiger partial charge in [-0.1, -0.05) is 0 Å². The number of carbonyl (C=O) groups excluding carboxylic acids is 3. The fraction of sp³-hybridized carbons (Fsp3) is 0. The quantitative estimate of drug-likeness (QED) is 0.582. The summed E-state index contributed by atoms with van der Waals surface area (Å²) in [6.45, 7) is 0. The normalized spacial score (nSPS) is 12.8. The van der Waals surface area contributed by atoms with Crippen LogP contribution in [0.3, 0.4) is 0 Å². The number of benzene rings is 2. The molecule has 21 heavy (non-hydrogen) atoms. The van der Waals surface area contributed by atoms with Gasteiger partial charge in [0.1, 0.15) is 17.2 Å². The van der Waals surface area contributed by atoms with Crippen LogP contribution in [-0.4, -0.2) is 33.2 Å². The number of aldehydes is 1. The van der Waals surface area contributed by atoms with Gasteiger partial charge in [0.15, 0.2) is 17.9 Å². The largest absolute Gasteiger partial charge is 0.508 e. The third-order valence-electron chi connectivity index (χ3n) is 3.40. The molecule has 0 atom stereocenters. The summed E-state index contributed by atoms with van der Waals surface area (Å²) in [6.07, 6.45) is 0.203. The van der Waals surface area contributed by atoms with Crippen molar-refractivity contribution in [1.82, 2.24) is 0 Å². The Morgan fingerprint density at radius 3 is 2.24 bits per heavy atom. The lowest BCUT2D eigenvalue weighted by atomic mass is 9.82. The van der Waals surface area contributed by atoms with Crippen molar-refractivity contribution in [3.05, 3.63) is 52.1 Å². The first-order valence-electron chi connectivity index (χ1n) is 5.92. The van der Waals surface area contributed by atoms with Crippen molar-refractivity contribution in [1.29, 1.82) is 0 Å². The molecular formula is C15H8O6. The van der Waals surface area contributed by atoms with Crippen molar-refractivity contribution in [2.75, 3.05) is 0 Å². The van der Waals surface area contributed by atoms with E-state index in [1.165, 1.54) is 12.1 Å². The van der Waals surface area contributed by atoms with Crippen molar-refractivity contribution in [2.24, 2.45) is 0 Å². The topological polar surface area (TPSA) is 112 Å². The molecular weight excluding hydrogens is 276 g/mol. The summed E-state index contributed by atoms with van der Waals surface area (Å²) in [6, 6.07) is 4.61. The second kappa shape index (κ2) is 4.17. The molecule has 0 aliphatic heterocycles. The van der Waals surface area contributed by atoms with Gasteiger partial charge in [-0.15, -0.1) is 0 Å². The first kappa shape index (κ1) is 12.9. The molecule has 6 heteroatoms. The van der Waals surface area contributed by atoms with Crippen molar-refractivity contribution in [3.63, 3.8) is 0 Å². The van der Waals surface area contributed by atoms with E-state index in [1.807, 2.05) is 0 Å². The molecule has 104 valence electrons. The Kier molecular flexibility index (Phi) is 2.56. The number of phenolic OH excluding ortho intramolecular Hbond substituents is 3. The van der Waals surface area contributed by atoms with Gasteiger partial charge in [-0.05, 0) is 24.3 Å². The Bertz CT molecular complexity index is 835. The molecule has 0 amide bonds. The monoisotopic (exact) mass is 284 g/mol. The van der Waals surface area contributed by atoms with Crippen molar-refractivity contribution in [3.8, 4) is 17.2 Å². The zero-order chi connectivity index (χ0) is 15.3. The Morgan fingerprint density at radius 1 is 0.857 bits per heavy atom. The summed E-state index contributed by atoms with van der Waals surface area (Å²) in [5.74, 6) is -2.78. The van der Waals surface area contributed by atoms with Crippen LogP contribution >= 0.6 is 0 Å². The van der Waals surface area contributed by atoms with Gasteiger partial charge in [0.25, 0.3) is 0 Å². The van der Waals surface area contributed by atoms with E-state index in [9.17, 15) is 29.7 Å². The average Bonchev–Trinajstić information content (AvgIpc) is 2.44. The smallest absolute Gasteiger partial charge is 0.198 e. The molecule has 0 saturated heterocycles. The zero-order valence-electron chi connectivity index (χ0n) is 10.5. The van der Waals surface area contributed by atoms with Crippen LogP contribution in [0.4, 0.5) is 0 Å². The van der Waals surface area contributed by atoms with E-state index in [2.05, 4.69) is 0 Å². The molecule has 1 aliphatic carbocycles. The maximum absolute atomic E-state index is 12.4. The highest BCUT2D eigenvalue weighted by molar-refractivity contribution is 6.30. The van der Waals surface area contributed by atoms with E-state index >= 15 is 0 Å². The van der Waals surface area contributed by atoms with Crippen LogP contribution in [0.1, 0.15) is 42.2 Å². The third kappa shape index (κ3) is 1.62. The number of carbonyl (C=O) groups is 3. The van der Waals surface area contributed by atoms with E-state index in [-0.39, 0.29) is 34.3 Å². The summed E-state index contributed by atoms with van der Waals surface area (Å²) in [4.78, 5) is 35.6. The van der Waals surface area contributed by atoms with Crippen LogP contribution in [0.15, 0.2) is 24.3 Å². The molecule has 0 aromatic heterocycles. The predicted molar refractivity (Wildman–Crippen MR) is 70.1 cm³/mol. The lowest BCUT2D eigenvalue weighted by Crippen LogP contribution is -2.21. The minimum Gasteiger partial charge on any atom is -0.508 e. The summed E-state index contributed by atoms with van der Waals surface area (Å²) in [7, 11) is 0. The van der Waals surface area contributed by atoms with Gasteiger partial charge < -0.3 is 15.3 Å². The lowest BCUT2D eigenvalue weighted by molar-refractivity contribution is 0.0975. The van der Waals surface area contributed by atoms with Crippen LogP contribution in [0, 0.1) is 0 Å². The highest BCUT2D eigenvalue weighted by atomic mass is 16.3. The fourth-order valence-corrected chi connectivity index (χ4v) is 2.39. The summed E-state index contributed by atoms with van der Waals surface area (Å²) < 4.78 is 0. The van der Waals surface area contributed by atoms with Gasteiger partial charge in [-0.3, -0.25) is 14.4 Å². The Balaban J connectivity index is 2.38. The van der Waals surface area contributed by atoms with E-state index in [0.29, 0.717) is 0 Å². The van der Waals surface area contributed by atoms with Crippen molar-refractivity contribution < 1.29 is 29.7 Å². The van der Waals surface area contributed by atoms with Gasteiger partial charge in [-0.25, -0.2) is 0 Å². The number of rotatable bonds is 1. The maximum Gasteiger partial charge on any atom is 0.198 e. The Morgan fingerprint density at radius 2 is 1.57 bits per heavy atom. The summed E-state index contributed by atoms with van der Waals surface area (Å²) >= 11 is 0. The molecule has 3 rings (SSSR count). The minimum atomic E-state index is -0.725. The number of hydrogen-bond donors (Lipinski definition) is 3. The predicted octanol–water partition coefficient (Wildman–Crippen LogP) is 1.39. The number of phenols is 3. The molecule has 2 aromatic carbocycles. The van der Waals surface area contributed by atoms with Crippen LogP contribution in [0.25, 0.3) is 0 Å². The molecule has 0 spiro atoms. The highest BCUT2D eigenvalue weighted by Gasteiger charge is 2.34. The molecule has 0 heterocycles. The molecule has 0 radical (unpaired) electrons. The van der Waals surface area contributed by atoms with Crippen molar-refractivity contribution >= 4 is 17.9 Å². The Labute approximate surface area is 117 Å². The van der Waals surface area contributed by atoms with Gasteiger partial charge in [0.05, 0.1) is 11.1 Å². The second-order valence-corrected chi connectivity index (χ2v) is 4.59. The summed E-state index contributed by atoms with van der Waals surface area (Å²) in [5, 5.41) is 29.0. The fourth-order valence-electron chi connectivity index (χ4n) is 2.39. The molecule has 0 saturated carbocycles. The standard InChI is InChI=1S/C15H8O6/c16-5-10-11(18)4-9-12(15(10)21)14(20)7-2-1-6(17)3-8(7)13(9)19/h1-5,17-18,21H. The molecule has 3 N–H and O–H groups in total. The van der Waals surface area contributed by atoms with Crippen LogP contribution in [0.5, 0.6) is 17.2 Å². The van der Waals surface area contributed by atoms with E-state index in [0.717, 1.165) is 12.1 Å². The van der Waals surface area contributed by atoms with E-state index in [1.54, 1.807) is 0 Å².